The van der Waals surface area contributed by atoms with E-state index in [1.54, 1.807) is 0 Å². The lowest BCUT2D eigenvalue weighted by Gasteiger charge is -2.31. The number of nitrogens with zero attached hydrogens (tertiary/aromatic N) is 2. The van der Waals surface area contributed by atoms with Gasteiger partial charge in [-0.05, 0) is 19.3 Å². The Hall–Kier alpha value is -1.72. The lowest BCUT2D eigenvalue weighted by molar-refractivity contribution is -0.120. The third kappa shape index (κ3) is 2.34. The average Bonchev–Trinajstić information content (AvgIpc) is 2.79. The van der Waals surface area contributed by atoms with Gasteiger partial charge in [0.05, 0.1) is 5.69 Å². The molecule has 1 aliphatic rings. The van der Waals surface area contributed by atoms with E-state index in [1.165, 1.54) is 6.33 Å². The number of nitrogens with one attached hydrogen (secondary N) is 2. The Balaban J connectivity index is 2.30. The van der Waals surface area contributed by atoms with Crippen molar-refractivity contribution in [2.75, 3.05) is 11.9 Å². The summed E-state index contributed by atoms with van der Waals surface area (Å²) in [6.45, 7) is 6.54. The summed E-state index contributed by atoms with van der Waals surface area (Å²) < 4.78 is 14.2. The fourth-order valence-corrected chi connectivity index (χ4v) is 2.76. The van der Waals surface area contributed by atoms with E-state index < -0.39 is 11.9 Å². The molecule has 20 heavy (non-hydrogen) atoms. The van der Waals surface area contributed by atoms with Gasteiger partial charge >= 0.3 is 0 Å². The Labute approximate surface area is 118 Å². The number of amides is 1. The Kier molecular flexibility index (Phi) is 4.20. The van der Waals surface area contributed by atoms with Gasteiger partial charge in [0.15, 0.2) is 11.6 Å². The predicted molar refractivity (Wildman–Crippen MR) is 74.8 cm³/mol. The molecule has 0 spiro atoms. The molecule has 6 heteroatoms. The van der Waals surface area contributed by atoms with E-state index in [0.29, 0.717) is 18.7 Å². The summed E-state index contributed by atoms with van der Waals surface area (Å²) in [5, 5.41) is 5.85. The molecular formula is C14H21FN4O. The first-order chi connectivity index (χ1) is 9.57. The molecule has 5 nitrogen and oxygen atoms in total. The molecule has 0 saturated carbocycles. The van der Waals surface area contributed by atoms with Gasteiger partial charge in [0.25, 0.3) is 0 Å². The first-order valence-electron chi connectivity index (χ1n) is 7.11. The molecule has 1 atom stereocenters. The van der Waals surface area contributed by atoms with Crippen molar-refractivity contribution in [1.82, 2.24) is 15.3 Å². The molecule has 1 unspecified atom stereocenters. The molecule has 1 aromatic heterocycles. The van der Waals surface area contributed by atoms with Crippen molar-refractivity contribution in [3.8, 4) is 0 Å². The molecule has 0 radical (unpaired) electrons. The second kappa shape index (κ2) is 5.73. The van der Waals surface area contributed by atoms with Crippen molar-refractivity contribution < 1.29 is 9.18 Å². The van der Waals surface area contributed by atoms with Crippen LogP contribution in [-0.2, 0) is 11.2 Å². The van der Waals surface area contributed by atoms with Crippen LogP contribution in [0.25, 0.3) is 0 Å². The van der Waals surface area contributed by atoms with Gasteiger partial charge in [-0.1, -0.05) is 20.8 Å². The van der Waals surface area contributed by atoms with Gasteiger partial charge in [-0.25, -0.2) is 14.4 Å². The molecular weight excluding hydrogens is 259 g/mol. The highest BCUT2D eigenvalue weighted by Crippen LogP contribution is 2.36. The van der Waals surface area contributed by atoms with E-state index in [9.17, 15) is 9.18 Å². The molecule has 2 heterocycles. The van der Waals surface area contributed by atoms with E-state index in [1.807, 2.05) is 20.8 Å². The highest BCUT2D eigenvalue weighted by Gasteiger charge is 2.46. The topological polar surface area (TPSA) is 66.9 Å². The van der Waals surface area contributed by atoms with Crippen LogP contribution < -0.4 is 10.6 Å². The summed E-state index contributed by atoms with van der Waals surface area (Å²) in [6, 6.07) is -0.452. The van der Waals surface area contributed by atoms with Gasteiger partial charge < -0.3 is 10.6 Å². The first kappa shape index (κ1) is 14.7. The van der Waals surface area contributed by atoms with Gasteiger partial charge in [0.1, 0.15) is 12.4 Å². The quantitative estimate of drug-likeness (QED) is 0.864. The number of rotatable bonds is 5. The number of carbonyl (C=O) groups is 1. The normalized spacial score (nSPS) is 20.8. The predicted octanol–water partition coefficient (Wildman–Crippen LogP) is 1.89. The Morgan fingerprint density at radius 1 is 1.40 bits per heavy atom. The van der Waals surface area contributed by atoms with E-state index in [-0.39, 0.29) is 17.1 Å². The highest BCUT2D eigenvalue weighted by atomic mass is 19.1. The van der Waals surface area contributed by atoms with Crippen LogP contribution in [0.1, 0.15) is 39.3 Å². The standard InChI is InChI=1S/C14H21FN4O/c1-4-9-10(15)12(18-8-17-9)19-11-13(20)16-7-14(11,5-2)6-3/h8,11H,4-7H2,1-3H3,(H,16,20)(H,17,18,19). The monoisotopic (exact) mass is 280 g/mol. The fraction of sp³-hybridized carbons (Fsp3) is 0.643. The van der Waals surface area contributed by atoms with Crippen molar-refractivity contribution >= 4 is 11.7 Å². The number of halogens is 1. The van der Waals surface area contributed by atoms with Crippen LogP contribution in [0.5, 0.6) is 0 Å². The van der Waals surface area contributed by atoms with Crippen molar-refractivity contribution in [2.24, 2.45) is 5.41 Å². The average molecular weight is 280 g/mol. The molecule has 0 aliphatic carbocycles. The minimum Gasteiger partial charge on any atom is -0.355 e. The largest absolute Gasteiger partial charge is 0.355 e. The summed E-state index contributed by atoms with van der Waals surface area (Å²) in [4.78, 5) is 19.9. The maximum atomic E-state index is 14.2. The van der Waals surface area contributed by atoms with Crippen molar-refractivity contribution in [1.29, 1.82) is 0 Å². The molecule has 0 aromatic carbocycles. The number of carbonyl (C=O) groups excluding carboxylic acids is 1. The van der Waals surface area contributed by atoms with Crippen LogP contribution in [0.15, 0.2) is 6.33 Å². The Morgan fingerprint density at radius 2 is 2.10 bits per heavy atom. The summed E-state index contributed by atoms with van der Waals surface area (Å²) in [5.41, 5.74) is 0.167. The van der Waals surface area contributed by atoms with E-state index in [4.69, 9.17) is 0 Å². The third-order valence-electron chi connectivity index (χ3n) is 4.38. The molecule has 0 bridgehead atoms. The van der Waals surface area contributed by atoms with Gasteiger partial charge in [-0.3, -0.25) is 4.79 Å². The number of anilines is 1. The molecule has 1 aliphatic heterocycles. The fourth-order valence-electron chi connectivity index (χ4n) is 2.76. The van der Waals surface area contributed by atoms with Crippen LogP contribution in [0.2, 0.25) is 0 Å². The smallest absolute Gasteiger partial charge is 0.243 e. The molecule has 1 aromatic rings. The lowest BCUT2D eigenvalue weighted by atomic mass is 9.77. The summed E-state index contributed by atoms with van der Waals surface area (Å²) >= 11 is 0. The zero-order valence-electron chi connectivity index (χ0n) is 12.2. The molecule has 110 valence electrons. The van der Waals surface area contributed by atoms with Crippen molar-refractivity contribution in [2.45, 2.75) is 46.1 Å². The van der Waals surface area contributed by atoms with E-state index in [0.717, 1.165) is 12.8 Å². The zero-order valence-corrected chi connectivity index (χ0v) is 12.2. The summed E-state index contributed by atoms with van der Waals surface area (Å²) in [5.74, 6) is -0.439. The van der Waals surface area contributed by atoms with Crippen LogP contribution in [0.4, 0.5) is 10.2 Å². The third-order valence-corrected chi connectivity index (χ3v) is 4.38. The van der Waals surface area contributed by atoms with Crippen molar-refractivity contribution in [3.63, 3.8) is 0 Å². The molecule has 1 fully saturated rings. The van der Waals surface area contributed by atoms with Gasteiger partial charge in [-0.15, -0.1) is 0 Å². The van der Waals surface area contributed by atoms with Crippen LogP contribution in [0.3, 0.4) is 0 Å². The number of aromatic nitrogens is 2. The van der Waals surface area contributed by atoms with E-state index in [2.05, 4.69) is 20.6 Å². The van der Waals surface area contributed by atoms with Crippen molar-refractivity contribution in [3.05, 3.63) is 17.8 Å². The van der Waals surface area contributed by atoms with Crippen LogP contribution in [-0.4, -0.2) is 28.5 Å². The number of hydrogen-bond donors (Lipinski definition) is 2. The highest BCUT2D eigenvalue weighted by molar-refractivity contribution is 5.88. The minimum absolute atomic E-state index is 0.0928. The Bertz CT molecular complexity index is 502. The van der Waals surface area contributed by atoms with Gasteiger partial charge in [0, 0.05) is 12.0 Å². The second-order valence-electron chi connectivity index (χ2n) is 5.20. The maximum absolute atomic E-state index is 14.2. The van der Waals surface area contributed by atoms with E-state index >= 15 is 0 Å². The maximum Gasteiger partial charge on any atom is 0.243 e. The first-order valence-corrected chi connectivity index (χ1v) is 7.11. The number of hydrogen-bond acceptors (Lipinski definition) is 4. The second-order valence-corrected chi connectivity index (χ2v) is 5.20. The van der Waals surface area contributed by atoms with Crippen LogP contribution >= 0.6 is 0 Å². The summed E-state index contributed by atoms with van der Waals surface area (Å²) in [6.07, 6.45) is 3.50. The molecule has 2 N–H and O–H groups in total. The molecule has 1 saturated heterocycles. The minimum atomic E-state index is -0.462. The molecule has 2 rings (SSSR count). The molecule has 1 amide bonds. The Morgan fingerprint density at radius 3 is 2.70 bits per heavy atom. The van der Waals surface area contributed by atoms with Gasteiger partial charge in [-0.2, -0.15) is 0 Å². The van der Waals surface area contributed by atoms with Gasteiger partial charge in [0.2, 0.25) is 5.91 Å². The SMILES string of the molecule is CCc1ncnc(NC2C(=O)NCC2(CC)CC)c1F. The zero-order chi connectivity index (χ0) is 14.8. The number of aryl methyl sites for hydroxylation is 1. The van der Waals surface area contributed by atoms with Crippen LogP contribution in [0, 0.1) is 11.2 Å². The summed E-state index contributed by atoms with van der Waals surface area (Å²) in [7, 11) is 0. The lowest BCUT2D eigenvalue weighted by Crippen LogP contribution is -2.41.